The molecule has 12 saturated carbocycles. The summed E-state index contributed by atoms with van der Waals surface area (Å²) in [5.74, 6) is 10.1. The molecule has 12 aliphatic carbocycles. The van der Waals surface area contributed by atoms with Crippen LogP contribution in [0.5, 0.6) is 0 Å². The Morgan fingerprint density at radius 3 is 1.34 bits per heavy atom. The molecule has 2 bridgehead atoms. The Labute approximate surface area is 780 Å². The maximum atomic E-state index is 13.0. The van der Waals surface area contributed by atoms with E-state index >= 15 is 0 Å². The molecule has 13 aliphatic rings. The topological polar surface area (TPSA) is 237 Å². The van der Waals surface area contributed by atoms with Crippen LogP contribution in [0, 0.1) is 112 Å². The van der Waals surface area contributed by atoms with Crippen LogP contribution in [0.4, 0.5) is 0 Å². The molecule has 0 aromatic carbocycles. The van der Waals surface area contributed by atoms with Gasteiger partial charge >= 0.3 is 35.8 Å². The van der Waals surface area contributed by atoms with Crippen molar-refractivity contribution in [1.29, 1.82) is 0 Å². The predicted octanol–water partition coefficient (Wildman–Crippen LogP) is 26.9. The quantitative estimate of drug-likeness (QED) is 0.0383. The van der Waals surface area contributed by atoms with Crippen molar-refractivity contribution in [1.82, 2.24) is 0 Å². The fourth-order valence-electron chi connectivity index (χ4n) is 28.8. The summed E-state index contributed by atoms with van der Waals surface area (Å²) in [6, 6.07) is 0. The van der Waals surface area contributed by atoms with Gasteiger partial charge in [-0.3, -0.25) is 28.8 Å². The molecule has 0 radical (unpaired) electrons. The molecule has 3 N–H and O–H groups in total. The Bertz CT molecular complexity index is 3270. The molecule has 13 fully saturated rings. The molecular weight excluding hydrogens is 1610 g/mol. The van der Waals surface area contributed by atoms with Gasteiger partial charge < -0.3 is 53.2 Å². The highest BCUT2D eigenvalue weighted by Crippen LogP contribution is 2.55. The number of hydrogen-bond donors (Lipinski definition) is 3. The van der Waals surface area contributed by atoms with Crippen molar-refractivity contribution in [2.24, 2.45) is 112 Å². The molecular formula is C111H194O17. The van der Waals surface area contributed by atoms with Gasteiger partial charge in [0.05, 0.1) is 55.5 Å². The Balaban J connectivity index is 0.000000181. The molecule has 17 nitrogen and oxygen atoms in total. The lowest BCUT2D eigenvalue weighted by atomic mass is 9.78. The number of hydrogen-bond acceptors (Lipinski definition) is 17. The minimum atomic E-state index is -0.946. The smallest absolute Gasteiger partial charge is 0.310 e. The van der Waals surface area contributed by atoms with E-state index in [0.29, 0.717) is 77.4 Å². The van der Waals surface area contributed by atoms with Crippen molar-refractivity contribution in [3.05, 3.63) is 0 Å². The highest BCUT2D eigenvalue weighted by Gasteiger charge is 2.54. The van der Waals surface area contributed by atoms with Crippen LogP contribution in [0.2, 0.25) is 0 Å². The minimum Gasteiger partial charge on any atom is -0.462 e. The van der Waals surface area contributed by atoms with Gasteiger partial charge in [0.25, 0.3) is 0 Å². The first-order valence-electron chi connectivity index (χ1n) is 54.7. The van der Waals surface area contributed by atoms with Crippen LogP contribution in [-0.2, 0) is 66.7 Å². The van der Waals surface area contributed by atoms with Crippen LogP contribution >= 0.6 is 0 Å². The average molecular weight is 1800 g/mol. The molecule has 1 aliphatic heterocycles. The van der Waals surface area contributed by atoms with Crippen molar-refractivity contribution in [2.75, 3.05) is 6.61 Å². The van der Waals surface area contributed by atoms with Crippen LogP contribution < -0.4 is 0 Å². The summed E-state index contributed by atoms with van der Waals surface area (Å²) in [6.07, 6.45) is 57.2. The van der Waals surface area contributed by atoms with Crippen LogP contribution in [0.3, 0.4) is 0 Å². The second kappa shape index (κ2) is 51.2. The Kier molecular flexibility index (Phi) is 43.3. The molecule has 24 atom stereocenters. The predicted molar refractivity (Wildman–Crippen MR) is 512 cm³/mol. The summed E-state index contributed by atoms with van der Waals surface area (Å²) in [5.41, 5.74) is -3.13. The zero-order chi connectivity index (χ0) is 93.2. The third-order valence-corrected chi connectivity index (χ3v) is 37.0. The van der Waals surface area contributed by atoms with Crippen molar-refractivity contribution in [2.45, 2.75) is 548 Å². The first kappa shape index (κ1) is 108. The molecule has 1 heterocycles. The molecule has 24 unspecified atom stereocenters. The van der Waals surface area contributed by atoms with Gasteiger partial charge in [-0.05, 0) is 384 Å². The van der Waals surface area contributed by atoms with Gasteiger partial charge in [-0.2, -0.15) is 0 Å². The standard InChI is InChI=1S/C24H42O4.C24H42O3.C21H36O4.C21H36O3.C21H38O3/c1-4-18-15-19(5-2)20(16-18)21(27-23-11-7-10-14-26-23)17-22(25)28-24(6-3)12-8-9-13-24;1-4-18-14-19(5-2)20(15-18)16-23(3,26)17-22(25)27-24(12-8-9-13-24)21-10-6-7-11-21;1-5-16-12-17(6-2)18(13-16)19(24-15(4)22)14-20(23)25-21(7-3)10-8-9-11-21;1-4-14-8-16(5-2)17(9-14)11-19(22)12-20(23)24-21(3)13-15-6-7-18(21)10-15;1-6-16-12-17(7-2)18(13-16)20(5,23)14-19(22)24-21(15(3)4)10-8-9-11-21/h18-21,23H,4-17H2,1-3H3;18-21,26H,4-17H2,1-3H3;16-19H,5-14H2,1-4H3;14-19,22H,4-13H2,1-3H3;15-18,23H,6-14H2,1-5H3. The van der Waals surface area contributed by atoms with E-state index in [1.165, 1.54) is 174 Å². The number of carbonyl (C=O) groups excluding carboxylic acids is 6. The lowest BCUT2D eigenvalue weighted by Gasteiger charge is -2.37. The van der Waals surface area contributed by atoms with Crippen LogP contribution in [-0.4, -0.2) is 122 Å². The van der Waals surface area contributed by atoms with E-state index in [1.54, 1.807) is 0 Å². The first-order valence-corrected chi connectivity index (χ1v) is 54.7. The van der Waals surface area contributed by atoms with Crippen LogP contribution in [0.25, 0.3) is 0 Å². The van der Waals surface area contributed by atoms with Gasteiger partial charge in [-0.1, -0.05) is 174 Å². The number of fused-ring (bicyclic) bond motifs is 2. The number of ether oxygens (including phenoxy) is 8. The molecule has 740 valence electrons. The highest BCUT2D eigenvalue weighted by molar-refractivity contribution is 5.73. The maximum Gasteiger partial charge on any atom is 0.310 e. The second-order valence-electron chi connectivity index (χ2n) is 46.0. The van der Waals surface area contributed by atoms with E-state index in [2.05, 4.69) is 104 Å². The van der Waals surface area contributed by atoms with Gasteiger partial charge in [0.15, 0.2) is 6.29 Å². The fourth-order valence-corrected chi connectivity index (χ4v) is 28.8. The Morgan fingerprint density at radius 2 is 0.867 bits per heavy atom. The molecule has 128 heavy (non-hydrogen) atoms. The largest absolute Gasteiger partial charge is 0.462 e. The zero-order valence-corrected chi connectivity index (χ0v) is 85.1. The monoisotopic (exact) mass is 1800 g/mol. The number of carbonyl (C=O) groups is 6. The lowest BCUT2D eigenvalue weighted by Crippen LogP contribution is -2.43. The van der Waals surface area contributed by atoms with E-state index in [-0.39, 0.29) is 120 Å². The SMILES string of the molecule is CCC1CC(CC)C(C(C)(O)CC(=O)OC2(C(C)C)CCCC2)C1.CCC1CC(CC)C(C(CC(=O)OC2(CC)CCCC2)OC(C)=O)C1.CCC1CC(CC)C(C(CC(=O)OC2(CC)CCCC2)OC2CCCCO2)C1.CCC1CC(CC)C(CC(C)(O)CC(=O)OC2(C3CCCC3)CCCC2)C1.CCC1CC(CC)C(CC(O)CC(=O)OC2(C)CC3CCC2C3)C1. The summed E-state index contributed by atoms with van der Waals surface area (Å²) >= 11 is 0. The second-order valence-corrected chi connectivity index (χ2v) is 46.0. The van der Waals surface area contributed by atoms with Gasteiger partial charge in [0.1, 0.15) is 34.1 Å². The van der Waals surface area contributed by atoms with Gasteiger partial charge in [-0.15, -0.1) is 0 Å². The molecule has 0 spiro atoms. The molecule has 13 rings (SSSR count). The lowest BCUT2D eigenvalue weighted by molar-refractivity contribution is -0.207. The molecule has 0 amide bonds. The van der Waals surface area contributed by atoms with E-state index in [0.717, 1.165) is 197 Å². The highest BCUT2D eigenvalue weighted by atomic mass is 16.7. The van der Waals surface area contributed by atoms with Gasteiger partial charge in [0, 0.05) is 13.5 Å². The van der Waals surface area contributed by atoms with Crippen LogP contribution in [0.1, 0.15) is 484 Å². The van der Waals surface area contributed by atoms with Gasteiger partial charge in [-0.25, -0.2) is 0 Å². The van der Waals surface area contributed by atoms with Gasteiger partial charge in [0.2, 0.25) is 0 Å². The zero-order valence-electron chi connectivity index (χ0n) is 85.1. The summed E-state index contributed by atoms with van der Waals surface area (Å²) in [7, 11) is 0. The van der Waals surface area contributed by atoms with E-state index in [9.17, 15) is 44.1 Å². The van der Waals surface area contributed by atoms with E-state index < -0.39 is 17.3 Å². The number of aliphatic hydroxyl groups is 3. The summed E-state index contributed by atoms with van der Waals surface area (Å²) in [6.45, 7) is 39.1. The third kappa shape index (κ3) is 30.6. The summed E-state index contributed by atoms with van der Waals surface area (Å²) in [5, 5.41) is 32.6. The maximum absolute atomic E-state index is 13.0. The third-order valence-electron chi connectivity index (χ3n) is 37.0. The average Bonchev–Trinajstić information content (AvgIpc) is 1.62. The van der Waals surface area contributed by atoms with E-state index in [4.69, 9.17) is 37.9 Å². The Hall–Kier alpha value is -3.38. The minimum absolute atomic E-state index is 0.0561. The van der Waals surface area contributed by atoms with Crippen molar-refractivity contribution < 1.29 is 82.0 Å². The van der Waals surface area contributed by atoms with Crippen molar-refractivity contribution >= 4 is 35.8 Å². The van der Waals surface area contributed by atoms with Crippen molar-refractivity contribution in [3.63, 3.8) is 0 Å². The molecule has 0 aromatic rings. The molecule has 1 saturated heterocycles. The van der Waals surface area contributed by atoms with E-state index in [1.807, 2.05) is 13.8 Å². The fraction of sp³-hybridized carbons (Fsp3) is 0.946. The normalized spacial score (nSPS) is 34.1. The summed E-state index contributed by atoms with van der Waals surface area (Å²) < 4.78 is 48.0. The number of rotatable bonds is 39. The van der Waals surface area contributed by atoms with Crippen LogP contribution in [0.15, 0.2) is 0 Å². The number of aliphatic hydroxyl groups excluding tert-OH is 1. The number of esters is 6. The Morgan fingerprint density at radius 1 is 0.422 bits per heavy atom. The molecule has 17 heteroatoms. The molecule has 0 aromatic heterocycles. The summed E-state index contributed by atoms with van der Waals surface area (Å²) in [4.78, 5) is 75.1. The van der Waals surface area contributed by atoms with Crippen molar-refractivity contribution in [3.8, 4) is 0 Å². The first-order chi connectivity index (χ1) is 61.1.